The van der Waals surface area contributed by atoms with Crippen molar-refractivity contribution in [3.63, 3.8) is 0 Å². The number of rotatable bonds is 9. The average Bonchev–Trinajstić information content (AvgIpc) is 3.15. The van der Waals surface area contributed by atoms with Crippen molar-refractivity contribution < 1.29 is 18.1 Å². The molecule has 1 heterocycles. The van der Waals surface area contributed by atoms with Gasteiger partial charge in [-0.05, 0) is 44.7 Å². The second-order valence-electron chi connectivity index (χ2n) is 5.59. The molecule has 0 unspecified atom stereocenters. The molecular formula is C22H35NO4Si. The molecule has 1 saturated heterocycles. The number of benzene rings is 1. The maximum absolute atomic E-state index is 10.7. The van der Waals surface area contributed by atoms with Gasteiger partial charge in [-0.15, -0.1) is 0 Å². The molecule has 0 bridgehead atoms. The van der Waals surface area contributed by atoms with Gasteiger partial charge in [0.25, 0.3) is 0 Å². The van der Waals surface area contributed by atoms with Crippen LogP contribution in [0.25, 0.3) is 6.08 Å². The van der Waals surface area contributed by atoms with E-state index in [0.29, 0.717) is 26.2 Å². The highest BCUT2D eigenvalue weighted by molar-refractivity contribution is 6.66. The molecule has 1 aliphatic heterocycles. The van der Waals surface area contributed by atoms with Crippen LogP contribution in [0.4, 0.5) is 0 Å². The zero-order valence-corrected chi connectivity index (χ0v) is 18.6. The summed E-state index contributed by atoms with van der Waals surface area (Å²) in [7, 11) is -2.51. The summed E-state index contributed by atoms with van der Waals surface area (Å²) in [4.78, 5) is 12.3. The van der Waals surface area contributed by atoms with E-state index in [0.717, 1.165) is 13.0 Å². The molecule has 0 spiro atoms. The molecule has 156 valence electrons. The fourth-order valence-electron chi connectivity index (χ4n) is 2.36. The second-order valence-corrected chi connectivity index (χ2v) is 8.08. The Hall–Kier alpha value is -1.99. The van der Waals surface area contributed by atoms with Gasteiger partial charge in [0.1, 0.15) is 0 Å². The lowest BCUT2D eigenvalue weighted by Gasteiger charge is -2.24. The second kappa shape index (κ2) is 16.0. The molecule has 6 heteroatoms. The van der Waals surface area contributed by atoms with Gasteiger partial charge < -0.3 is 18.2 Å². The number of amides is 1. The third kappa shape index (κ3) is 10.4. The summed E-state index contributed by atoms with van der Waals surface area (Å²) in [5, 5.41) is 0. The van der Waals surface area contributed by atoms with Gasteiger partial charge in [-0.1, -0.05) is 56.1 Å². The fraction of sp³-hybridized carbons (Fsp3) is 0.409. The highest BCUT2D eigenvalue weighted by atomic mass is 28.4. The van der Waals surface area contributed by atoms with E-state index in [-0.39, 0.29) is 5.91 Å². The minimum absolute atomic E-state index is 0.208. The smallest absolute Gasteiger partial charge is 0.371 e. The van der Waals surface area contributed by atoms with Crippen LogP contribution in [0.2, 0.25) is 0 Å². The Labute approximate surface area is 171 Å². The quantitative estimate of drug-likeness (QED) is 0.552. The predicted octanol–water partition coefficient (Wildman–Crippen LogP) is 4.84. The third-order valence-electron chi connectivity index (χ3n) is 3.65. The molecule has 28 heavy (non-hydrogen) atoms. The highest BCUT2D eigenvalue weighted by Gasteiger charge is 2.36. The Morgan fingerprint density at radius 3 is 1.79 bits per heavy atom. The third-order valence-corrected chi connectivity index (χ3v) is 6.23. The molecule has 0 aromatic heterocycles. The summed E-state index contributed by atoms with van der Waals surface area (Å²) >= 11 is 0. The van der Waals surface area contributed by atoms with Crippen molar-refractivity contribution in [2.75, 3.05) is 26.4 Å². The van der Waals surface area contributed by atoms with Gasteiger partial charge in [0.05, 0.1) is 0 Å². The van der Waals surface area contributed by atoms with Crippen LogP contribution in [0.15, 0.2) is 62.0 Å². The molecule has 0 radical (unpaired) electrons. The Morgan fingerprint density at radius 2 is 1.54 bits per heavy atom. The van der Waals surface area contributed by atoms with Crippen molar-refractivity contribution in [3.05, 3.63) is 67.5 Å². The zero-order valence-electron chi connectivity index (χ0n) is 17.6. The predicted molar refractivity (Wildman–Crippen MR) is 119 cm³/mol. The van der Waals surface area contributed by atoms with Crippen LogP contribution in [0.1, 0.15) is 39.2 Å². The standard InChI is InChI=1S/C8H18O3Si.C8H8.C6H9NO/c1-5-9-12(8-4,10-6-2)11-7-3;1-2-8-6-4-3-5-7-8;1-2-7-5-3-4-6(7)8/h8H,4-7H2,1-3H3;2-7H,1H2;2H,1,3-5H2. The van der Waals surface area contributed by atoms with E-state index in [1.807, 2.05) is 57.2 Å². The summed E-state index contributed by atoms with van der Waals surface area (Å²) in [5.41, 5.74) is 2.84. The fourth-order valence-corrected chi connectivity index (χ4v) is 4.17. The molecule has 5 nitrogen and oxygen atoms in total. The van der Waals surface area contributed by atoms with E-state index in [4.69, 9.17) is 13.3 Å². The van der Waals surface area contributed by atoms with Gasteiger partial charge in [0.2, 0.25) is 5.91 Å². The first-order chi connectivity index (χ1) is 13.5. The summed E-state index contributed by atoms with van der Waals surface area (Å²) in [6, 6.07) is 10.0. The lowest BCUT2D eigenvalue weighted by atomic mass is 10.2. The van der Waals surface area contributed by atoms with Gasteiger partial charge in [-0.3, -0.25) is 4.79 Å². The van der Waals surface area contributed by atoms with E-state index in [1.54, 1.807) is 16.8 Å². The van der Waals surface area contributed by atoms with Crippen LogP contribution in [-0.4, -0.2) is 46.0 Å². The normalized spacial score (nSPS) is 13.0. The summed E-state index contributed by atoms with van der Waals surface area (Å²) in [6.45, 7) is 19.2. The van der Waals surface area contributed by atoms with Gasteiger partial charge in [0, 0.05) is 32.8 Å². The Balaban J connectivity index is 0.000000402. The van der Waals surface area contributed by atoms with Crippen LogP contribution in [0.5, 0.6) is 0 Å². The number of carbonyl (C=O) groups excluding carboxylic acids is 1. The van der Waals surface area contributed by atoms with Gasteiger partial charge in [-0.2, -0.15) is 0 Å². The molecule has 1 fully saturated rings. The van der Waals surface area contributed by atoms with Crippen molar-refractivity contribution in [3.8, 4) is 0 Å². The Kier molecular flexibility index (Phi) is 14.9. The summed E-state index contributed by atoms with van der Waals surface area (Å²) in [6.07, 6.45) is 5.12. The van der Waals surface area contributed by atoms with Crippen molar-refractivity contribution in [2.45, 2.75) is 33.6 Å². The molecule has 0 saturated carbocycles. The van der Waals surface area contributed by atoms with Crippen molar-refractivity contribution in [1.29, 1.82) is 0 Å². The summed E-state index contributed by atoms with van der Waals surface area (Å²) in [5.74, 6) is 0.208. The van der Waals surface area contributed by atoms with E-state index < -0.39 is 8.80 Å². The topological polar surface area (TPSA) is 48.0 Å². The highest BCUT2D eigenvalue weighted by Crippen LogP contribution is 2.10. The first kappa shape index (κ1) is 26.0. The molecule has 2 rings (SSSR count). The van der Waals surface area contributed by atoms with Crippen LogP contribution in [0.3, 0.4) is 0 Å². The van der Waals surface area contributed by atoms with E-state index in [1.165, 1.54) is 5.56 Å². The molecule has 0 aliphatic carbocycles. The molecule has 1 aromatic carbocycles. The number of hydrogen-bond acceptors (Lipinski definition) is 4. The number of nitrogens with zero attached hydrogens (tertiary/aromatic N) is 1. The van der Waals surface area contributed by atoms with E-state index in [2.05, 4.69) is 19.7 Å². The molecule has 1 aromatic rings. The molecule has 0 atom stereocenters. The average molecular weight is 406 g/mol. The first-order valence-electron chi connectivity index (χ1n) is 9.67. The number of carbonyl (C=O) groups is 1. The maximum atomic E-state index is 10.7. The molecule has 0 N–H and O–H groups in total. The number of likely N-dealkylation sites (tertiary alicyclic amines) is 1. The lowest BCUT2D eigenvalue weighted by molar-refractivity contribution is -0.125. The molecular weight excluding hydrogens is 370 g/mol. The molecule has 1 amide bonds. The molecule has 1 aliphatic rings. The SMILES string of the molecule is C=CN1CCCC1=O.C=C[Si](OCC)(OCC)OCC.C=Cc1ccccc1. The van der Waals surface area contributed by atoms with Gasteiger partial charge >= 0.3 is 8.80 Å². The van der Waals surface area contributed by atoms with E-state index in [9.17, 15) is 4.79 Å². The van der Waals surface area contributed by atoms with Crippen molar-refractivity contribution >= 4 is 20.8 Å². The van der Waals surface area contributed by atoms with Gasteiger partial charge in [-0.25, -0.2) is 0 Å². The monoisotopic (exact) mass is 405 g/mol. The Morgan fingerprint density at radius 1 is 1.00 bits per heavy atom. The number of hydrogen-bond donors (Lipinski definition) is 0. The lowest BCUT2D eigenvalue weighted by Crippen LogP contribution is -2.44. The first-order valence-corrected chi connectivity index (χ1v) is 11.5. The van der Waals surface area contributed by atoms with Crippen LogP contribution in [-0.2, 0) is 18.1 Å². The summed E-state index contributed by atoms with van der Waals surface area (Å²) < 4.78 is 16.3. The van der Waals surface area contributed by atoms with Crippen molar-refractivity contribution in [1.82, 2.24) is 4.90 Å². The Bertz CT molecular complexity index is 560. The van der Waals surface area contributed by atoms with Gasteiger partial charge in [0.15, 0.2) is 0 Å². The maximum Gasteiger partial charge on any atom is 0.528 e. The van der Waals surface area contributed by atoms with Crippen LogP contribution < -0.4 is 0 Å². The van der Waals surface area contributed by atoms with E-state index >= 15 is 0 Å². The zero-order chi connectivity index (χ0) is 21.3. The van der Waals surface area contributed by atoms with Crippen LogP contribution >= 0.6 is 0 Å². The van der Waals surface area contributed by atoms with Crippen molar-refractivity contribution in [2.24, 2.45) is 0 Å². The largest absolute Gasteiger partial charge is 0.528 e. The minimum Gasteiger partial charge on any atom is -0.371 e. The minimum atomic E-state index is -2.51. The van der Waals surface area contributed by atoms with Crippen LogP contribution in [0, 0.1) is 0 Å².